The molecule has 1 aromatic heterocycles. The highest BCUT2D eigenvalue weighted by Crippen LogP contribution is 2.33. The Morgan fingerprint density at radius 2 is 2.06 bits per heavy atom. The molecule has 2 aliphatic heterocycles. The van der Waals surface area contributed by atoms with E-state index in [1.807, 2.05) is 17.9 Å². The minimum absolute atomic E-state index is 0.438. The van der Waals surface area contributed by atoms with Gasteiger partial charge in [-0.15, -0.1) is 0 Å². The number of piperidine rings is 2. The molecule has 0 spiro atoms. The molecule has 2 N–H and O–H groups in total. The van der Waals surface area contributed by atoms with Crippen molar-refractivity contribution < 1.29 is 0 Å². The molecular formula is C14H24N4. The molecule has 3 heterocycles. The van der Waals surface area contributed by atoms with Crippen LogP contribution in [0.2, 0.25) is 0 Å². The SMILES string of the molecule is Cn1nccc1CCN1C2CCCC1CC(N)C2. The summed E-state index contributed by atoms with van der Waals surface area (Å²) in [5.41, 5.74) is 7.50. The summed E-state index contributed by atoms with van der Waals surface area (Å²) >= 11 is 0. The van der Waals surface area contributed by atoms with Gasteiger partial charge in [0.05, 0.1) is 0 Å². The zero-order valence-electron chi connectivity index (χ0n) is 11.3. The second-order valence-electron chi connectivity index (χ2n) is 5.90. The molecule has 0 aromatic carbocycles. The molecule has 0 aliphatic carbocycles. The third-order valence-electron chi connectivity index (χ3n) is 4.71. The van der Waals surface area contributed by atoms with Crippen LogP contribution in [0.1, 0.15) is 37.8 Å². The predicted octanol–water partition coefficient (Wildman–Crippen LogP) is 1.31. The van der Waals surface area contributed by atoms with Crippen LogP contribution in [0.15, 0.2) is 12.3 Å². The van der Waals surface area contributed by atoms with Gasteiger partial charge in [-0.1, -0.05) is 6.42 Å². The average molecular weight is 248 g/mol. The lowest BCUT2D eigenvalue weighted by Crippen LogP contribution is -2.55. The summed E-state index contributed by atoms with van der Waals surface area (Å²) in [5.74, 6) is 0. The average Bonchev–Trinajstić information content (AvgIpc) is 2.72. The summed E-state index contributed by atoms with van der Waals surface area (Å²) in [5, 5.41) is 4.24. The van der Waals surface area contributed by atoms with Crippen LogP contribution in [0.25, 0.3) is 0 Å². The molecule has 100 valence electrons. The molecule has 0 radical (unpaired) electrons. The summed E-state index contributed by atoms with van der Waals surface area (Å²) in [4.78, 5) is 2.72. The number of nitrogens with two attached hydrogens (primary N) is 1. The molecule has 1 aromatic rings. The van der Waals surface area contributed by atoms with E-state index in [0.29, 0.717) is 6.04 Å². The lowest BCUT2D eigenvalue weighted by atomic mass is 9.82. The fraction of sp³-hybridized carbons (Fsp3) is 0.786. The second kappa shape index (κ2) is 5.02. The summed E-state index contributed by atoms with van der Waals surface area (Å²) < 4.78 is 1.99. The van der Waals surface area contributed by atoms with Crippen molar-refractivity contribution in [2.75, 3.05) is 6.54 Å². The van der Waals surface area contributed by atoms with Crippen molar-refractivity contribution in [1.29, 1.82) is 0 Å². The fourth-order valence-corrected chi connectivity index (χ4v) is 3.78. The number of nitrogens with zero attached hydrogens (tertiary/aromatic N) is 3. The van der Waals surface area contributed by atoms with Crippen LogP contribution in [0.3, 0.4) is 0 Å². The number of rotatable bonds is 3. The van der Waals surface area contributed by atoms with Gasteiger partial charge in [0.25, 0.3) is 0 Å². The molecule has 2 unspecified atom stereocenters. The van der Waals surface area contributed by atoms with E-state index in [2.05, 4.69) is 16.1 Å². The molecule has 2 saturated heterocycles. The molecule has 4 nitrogen and oxygen atoms in total. The fourth-order valence-electron chi connectivity index (χ4n) is 3.78. The molecule has 18 heavy (non-hydrogen) atoms. The highest BCUT2D eigenvalue weighted by molar-refractivity contribution is 5.02. The maximum absolute atomic E-state index is 6.16. The quantitative estimate of drug-likeness (QED) is 0.877. The Kier molecular flexibility index (Phi) is 3.39. The minimum atomic E-state index is 0.438. The summed E-state index contributed by atoms with van der Waals surface area (Å²) in [6, 6.07) is 4.04. The Balaban J connectivity index is 1.63. The first-order valence-corrected chi connectivity index (χ1v) is 7.22. The lowest BCUT2D eigenvalue weighted by Gasteiger charge is -2.48. The molecule has 3 rings (SSSR count). The smallest absolute Gasteiger partial charge is 0.0492 e. The van der Waals surface area contributed by atoms with Crippen LogP contribution in [0.5, 0.6) is 0 Å². The van der Waals surface area contributed by atoms with Gasteiger partial charge in [-0.25, -0.2) is 0 Å². The van der Waals surface area contributed by atoms with Gasteiger partial charge >= 0.3 is 0 Å². The van der Waals surface area contributed by atoms with E-state index in [9.17, 15) is 0 Å². The van der Waals surface area contributed by atoms with Crippen LogP contribution in [0.4, 0.5) is 0 Å². The van der Waals surface area contributed by atoms with Gasteiger partial charge in [0.1, 0.15) is 0 Å². The Hall–Kier alpha value is -0.870. The van der Waals surface area contributed by atoms with E-state index >= 15 is 0 Å². The van der Waals surface area contributed by atoms with Crippen LogP contribution in [-0.2, 0) is 13.5 Å². The molecule has 2 bridgehead atoms. The predicted molar refractivity (Wildman–Crippen MR) is 72.3 cm³/mol. The van der Waals surface area contributed by atoms with Gasteiger partial charge in [0.15, 0.2) is 0 Å². The highest BCUT2D eigenvalue weighted by Gasteiger charge is 2.36. The van der Waals surface area contributed by atoms with E-state index in [1.54, 1.807) is 0 Å². The number of hydrogen-bond acceptors (Lipinski definition) is 3. The van der Waals surface area contributed by atoms with Crippen molar-refractivity contribution in [3.05, 3.63) is 18.0 Å². The molecule has 0 amide bonds. The molecule has 2 fully saturated rings. The standard InChI is InChI=1S/C14H24N4/c1-17-12(5-7-16-17)6-8-18-13-3-2-4-14(18)10-11(15)9-13/h5,7,11,13-14H,2-4,6,8-10,15H2,1H3. The van der Waals surface area contributed by atoms with Crippen LogP contribution < -0.4 is 5.73 Å². The van der Waals surface area contributed by atoms with Crippen LogP contribution >= 0.6 is 0 Å². The van der Waals surface area contributed by atoms with Gasteiger partial charge < -0.3 is 5.73 Å². The maximum Gasteiger partial charge on any atom is 0.0492 e. The summed E-state index contributed by atoms with van der Waals surface area (Å²) in [6.45, 7) is 1.17. The van der Waals surface area contributed by atoms with Crippen LogP contribution in [0, 0.1) is 0 Å². The number of hydrogen-bond donors (Lipinski definition) is 1. The van der Waals surface area contributed by atoms with Crippen molar-refractivity contribution in [3.63, 3.8) is 0 Å². The van der Waals surface area contributed by atoms with Crippen molar-refractivity contribution in [1.82, 2.24) is 14.7 Å². The third kappa shape index (κ3) is 2.31. The Bertz CT molecular complexity index is 386. The van der Waals surface area contributed by atoms with E-state index in [1.165, 1.54) is 44.3 Å². The monoisotopic (exact) mass is 248 g/mol. The molecule has 0 saturated carbocycles. The Morgan fingerprint density at radius 1 is 1.33 bits per heavy atom. The Labute approximate surface area is 109 Å². The van der Waals surface area contributed by atoms with Crippen LogP contribution in [-0.4, -0.2) is 39.4 Å². The first-order chi connectivity index (χ1) is 8.74. The lowest BCUT2D eigenvalue weighted by molar-refractivity contribution is 0.0323. The molecule has 2 atom stereocenters. The number of fused-ring (bicyclic) bond motifs is 2. The molecular weight excluding hydrogens is 224 g/mol. The number of aryl methyl sites for hydroxylation is 1. The van der Waals surface area contributed by atoms with Crippen molar-refractivity contribution >= 4 is 0 Å². The van der Waals surface area contributed by atoms with E-state index in [0.717, 1.165) is 18.5 Å². The second-order valence-corrected chi connectivity index (χ2v) is 5.90. The first-order valence-electron chi connectivity index (χ1n) is 7.22. The largest absolute Gasteiger partial charge is 0.328 e. The topological polar surface area (TPSA) is 47.1 Å². The molecule has 4 heteroatoms. The van der Waals surface area contributed by atoms with Crippen molar-refractivity contribution in [2.45, 2.75) is 56.7 Å². The van der Waals surface area contributed by atoms with Gasteiger partial charge in [-0.05, 0) is 31.7 Å². The van der Waals surface area contributed by atoms with Crippen molar-refractivity contribution in [3.8, 4) is 0 Å². The summed E-state index contributed by atoms with van der Waals surface area (Å²) in [7, 11) is 2.03. The van der Waals surface area contributed by atoms with Gasteiger partial charge in [-0.3, -0.25) is 9.58 Å². The normalized spacial score (nSPS) is 32.7. The Morgan fingerprint density at radius 3 is 2.67 bits per heavy atom. The zero-order chi connectivity index (χ0) is 12.5. The maximum atomic E-state index is 6.16. The van der Waals surface area contributed by atoms with Gasteiger partial charge in [-0.2, -0.15) is 5.10 Å². The first kappa shape index (κ1) is 12.2. The highest BCUT2D eigenvalue weighted by atomic mass is 15.3. The number of aromatic nitrogens is 2. The zero-order valence-corrected chi connectivity index (χ0v) is 11.3. The third-order valence-corrected chi connectivity index (χ3v) is 4.71. The summed E-state index contributed by atoms with van der Waals surface area (Å²) in [6.07, 6.45) is 9.47. The van der Waals surface area contributed by atoms with E-state index in [-0.39, 0.29) is 0 Å². The van der Waals surface area contributed by atoms with E-state index < -0.39 is 0 Å². The van der Waals surface area contributed by atoms with Crippen molar-refractivity contribution in [2.24, 2.45) is 12.8 Å². The molecule has 2 aliphatic rings. The van der Waals surface area contributed by atoms with E-state index in [4.69, 9.17) is 5.73 Å². The minimum Gasteiger partial charge on any atom is -0.328 e. The van der Waals surface area contributed by atoms with Gasteiger partial charge in [0, 0.05) is 50.0 Å². The van der Waals surface area contributed by atoms with Gasteiger partial charge in [0.2, 0.25) is 0 Å².